The summed E-state index contributed by atoms with van der Waals surface area (Å²) < 4.78 is 18.6. The molecule has 0 aliphatic rings. The largest absolute Gasteiger partial charge is 0.537 e. The first kappa shape index (κ1) is 18.4. The second kappa shape index (κ2) is 9.36. The van der Waals surface area contributed by atoms with Gasteiger partial charge >= 0.3 is 8.80 Å². The Hall–Kier alpha value is -0.683. The van der Waals surface area contributed by atoms with Crippen molar-refractivity contribution in [3.8, 4) is 0 Å². The van der Waals surface area contributed by atoms with E-state index in [0.717, 1.165) is 24.4 Å². The average molecular weight is 311 g/mol. The predicted octanol–water partition coefficient (Wildman–Crippen LogP) is 3.73. The standard InChI is InChI=1S/C17H30O3Si/c1-6-11-18-21(19-12-7-2,20-13-8-3)17-10-9-15(4)14-16(17)5/h9-10,14H,6-8,11-13H2,1-5H3. The molecule has 1 aromatic rings. The molecule has 0 aliphatic carbocycles. The Kier molecular flexibility index (Phi) is 8.18. The maximum absolute atomic E-state index is 6.18. The fourth-order valence-corrected chi connectivity index (χ4v) is 5.20. The summed E-state index contributed by atoms with van der Waals surface area (Å²) in [5.74, 6) is 0. The molecule has 0 aromatic heterocycles. The molecule has 4 heteroatoms. The molecule has 0 saturated heterocycles. The van der Waals surface area contributed by atoms with Crippen LogP contribution < -0.4 is 5.19 Å². The van der Waals surface area contributed by atoms with Gasteiger partial charge in [0.1, 0.15) is 0 Å². The van der Waals surface area contributed by atoms with Crippen molar-refractivity contribution >= 4 is 14.0 Å². The Bertz CT molecular complexity index is 399. The van der Waals surface area contributed by atoms with E-state index in [4.69, 9.17) is 13.3 Å². The van der Waals surface area contributed by atoms with Gasteiger partial charge in [-0.15, -0.1) is 0 Å². The lowest BCUT2D eigenvalue weighted by Crippen LogP contribution is -2.58. The highest BCUT2D eigenvalue weighted by molar-refractivity contribution is 6.75. The third-order valence-corrected chi connectivity index (χ3v) is 6.17. The summed E-state index contributed by atoms with van der Waals surface area (Å²) in [6, 6.07) is 6.42. The molecule has 0 radical (unpaired) electrons. The van der Waals surface area contributed by atoms with Crippen LogP contribution >= 0.6 is 0 Å². The SMILES string of the molecule is CCCO[Si](OCCC)(OCCC)c1ccc(C)cc1C. The van der Waals surface area contributed by atoms with E-state index in [9.17, 15) is 0 Å². The molecule has 0 atom stereocenters. The molecule has 0 heterocycles. The van der Waals surface area contributed by atoms with E-state index in [1.54, 1.807) is 0 Å². The van der Waals surface area contributed by atoms with Gasteiger partial charge in [-0.1, -0.05) is 44.5 Å². The van der Waals surface area contributed by atoms with Gasteiger partial charge in [0.15, 0.2) is 0 Å². The topological polar surface area (TPSA) is 27.7 Å². The van der Waals surface area contributed by atoms with E-state index < -0.39 is 8.80 Å². The number of hydrogen-bond acceptors (Lipinski definition) is 3. The van der Waals surface area contributed by atoms with E-state index in [2.05, 4.69) is 52.8 Å². The molecule has 120 valence electrons. The first-order valence-corrected chi connectivity index (χ1v) is 9.81. The number of hydrogen-bond donors (Lipinski definition) is 0. The monoisotopic (exact) mass is 310 g/mol. The van der Waals surface area contributed by atoms with Crippen LogP contribution in [0.4, 0.5) is 0 Å². The van der Waals surface area contributed by atoms with Crippen LogP contribution in [0.1, 0.15) is 51.2 Å². The van der Waals surface area contributed by atoms with Crippen molar-refractivity contribution in [3.05, 3.63) is 29.3 Å². The molecule has 0 spiro atoms. The van der Waals surface area contributed by atoms with E-state index in [1.807, 2.05) is 0 Å². The fourth-order valence-electron chi connectivity index (χ4n) is 2.22. The molecule has 0 N–H and O–H groups in total. The minimum absolute atomic E-state index is 0.674. The van der Waals surface area contributed by atoms with Crippen molar-refractivity contribution in [3.63, 3.8) is 0 Å². The third-order valence-electron chi connectivity index (χ3n) is 3.20. The minimum Gasteiger partial charge on any atom is -0.370 e. The molecule has 0 amide bonds. The van der Waals surface area contributed by atoms with Crippen molar-refractivity contribution in [2.75, 3.05) is 19.8 Å². The molecule has 1 aromatic carbocycles. The van der Waals surface area contributed by atoms with Gasteiger partial charge in [0.2, 0.25) is 0 Å². The van der Waals surface area contributed by atoms with Crippen molar-refractivity contribution in [1.82, 2.24) is 0 Å². The lowest BCUT2D eigenvalue weighted by Gasteiger charge is -2.31. The van der Waals surface area contributed by atoms with Gasteiger partial charge in [0.25, 0.3) is 0 Å². The number of benzene rings is 1. The van der Waals surface area contributed by atoms with Crippen molar-refractivity contribution in [1.29, 1.82) is 0 Å². The van der Waals surface area contributed by atoms with Gasteiger partial charge < -0.3 is 13.3 Å². The van der Waals surface area contributed by atoms with Gasteiger partial charge in [-0.05, 0) is 38.7 Å². The highest BCUT2D eigenvalue weighted by Gasteiger charge is 2.44. The zero-order valence-electron chi connectivity index (χ0n) is 14.2. The maximum Gasteiger partial charge on any atom is 0.537 e. The molecular formula is C17H30O3Si. The smallest absolute Gasteiger partial charge is 0.370 e. The molecule has 3 nitrogen and oxygen atoms in total. The van der Waals surface area contributed by atoms with E-state index in [1.165, 1.54) is 11.1 Å². The Morgan fingerprint density at radius 3 is 1.67 bits per heavy atom. The van der Waals surface area contributed by atoms with Crippen LogP contribution in [-0.2, 0) is 13.3 Å². The summed E-state index contributed by atoms with van der Waals surface area (Å²) in [7, 11) is -2.80. The van der Waals surface area contributed by atoms with Crippen molar-refractivity contribution < 1.29 is 13.3 Å². The summed E-state index contributed by atoms with van der Waals surface area (Å²) >= 11 is 0. The zero-order valence-corrected chi connectivity index (χ0v) is 15.2. The lowest BCUT2D eigenvalue weighted by molar-refractivity contribution is 0.0731. The van der Waals surface area contributed by atoms with Gasteiger partial charge in [-0.2, -0.15) is 0 Å². The van der Waals surface area contributed by atoms with Gasteiger partial charge in [0, 0.05) is 25.0 Å². The lowest BCUT2D eigenvalue weighted by atomic mass is 10.2. The Balaban J connectivity index is 3.15. The first-order chi connectivity index (χ1) is 10.1. The van der Waals surface area contributed by atoms with E-state index in [0.29, 0.717) is 19.8 Å². The van der Waals surface area contributed by atoms with Crippen LogP contribution in [-0.4, -0.2) is 28.6 Å². The Labute approximate surface area is 131 Å². The van der Waals surface area contributed by atoms with E-state index >= 15 is 0 Å². The zero-order chi connectivity index (χ0) is 15.7. The van der Waals surface area contributed by atoms with Gasteiger partial charge in [-0.3, -0.25) is 0 Å². The quantitative estimate of drug-likeness (QED) is 0.616. The Morgan fingerprint density at radius 2 is 1.29 bits per heavy atom. The second-order valence-electron chi connectivity index (χ2n) is 5.42. The van der Waals surface area contributed by atoms with E-state index in [-0.39, 0.29) is 0 Å². The van der Waals surface area contributed by atoms with Crippen molar-refractivity contribution in [2.45, 2.75) is 53.9 Å². The summed E-state index contributed by atoms with van der Waals surface area (Å²) in [6.07, 6.45) is 2.89. The first-order valence-electron chi connectivity index (χ1n) is 8.09. The van der Waals surface area contributed by atoms with Crippen LogP contribution in [0.15, 0.2) is 18.2 Å². The summed E-state index contributed by atoms with van der Waals surface area (Å²) in [6.45, 7) is 12.6. The Morgan fingerprint density at radius 1 is 0.810 bits per heavy atom. The summed E-state index contributed by atoms with van der Waals surface area (Å²) in [5.41, 5.74) is 2.45. The van der Waals surface area contributed by atoms with Gasteiger partial charge in [-0.25, -0.2) is 0 Å². The second-order valence-corrected chi connectivity index (χ2v) is 7.94. The van der Waals surface area contributed by atoms with Crippen LogP contribution in [0.2, 0.25) is 0 Å². The third kappa shape index (κ3) is 5.22. The van der Waals surface area contributed by atoms with Crippen LogP contribution in [0.25, 0.3) is 0 Å². The summed E-state index contributed by atoms with van der Waals surface area (Å²) in [5, 5.41) is 1.11. The van der Waals surface area contributed by atoms with Crippen LogP contribution in [0, 0.1) is 13.8 Å². The predicted molar refractivity (Wildman–Crippen MR) is 90.0 cm³/mol. The van der Waals surface area contributed by atoms with Crippen LogP contribution in [0.3, 0.4) is 0 Å². The molecule has 0 unspecified atom stereocenters. The molecule has 0 fully saturated rings. The molecule has 0 saturated carbocycles. The number of aryl methyl sites for hydroxylation is 2. The average Bonchev–Trinajstić information content (AvgIpc) is 2.47. The summed E-state index contributed by atoms with van der Waals surface area (Å²) in [4.78, 5) is 0. The highest BCUT2D eigenvalue weighted by Crippen LogP contribution is 2.16. The molecule has 1 rings (SSSR count). The van der Waals surface area contributed by atoms with Crippen LogP contribution in [0.5, 0.6) is 0 Å². The molecular weight excluding hydrogens is 280 g/mol. The normalized spacial score (nSPS) is 11.9. The number of rotatable bonds is 10. The fraction of sp³-hybridized carbons (Fsp3) is 0.647. The maximum atomic E-state index is 6.18. The minimum atomic E-state index is -2.80. The molecule has 0 bridgehead atoms. The molecule has 21 heavy (non-hydrogen) atoms. The highest BCUT2D eigenvalue weighted by atomic mass is 28.4. The molecule has 0 aliphatic heterocycles. The van der Waals surface area contributed by atoms with Gasteiger partial charge in [0.05, 0.1) is 0 Å². The van der Waals surface area contributed by atoms with Crippen molar-refractivity contribution in [2.24, 2.45) is 0 Å².